The normalized spacial score (nSPS) is 13.3. The number of nitrogens with zero attached hydrogens (tertiary/aromatic N) is 4. The first-order valence-corrected chi connectivity index (χ1v) is 9.63. The van der Waals surface area contributed by atoms with E-state index in [0.717, 1.165) is 10.9 Å². The minimum atomic E-state index is -0.723. The molecule has 0 N–H and O–H groups in total. The van der Waals surface area contributed by atoms with Crippen LogP contribution < -0.4 is 0 Å². The molecule has 5 rings (SSSR count). The largest absolute Gasteiger partial charge is 0.328 e. The van der Waals surface area contributed by atoms with Crippen molar-refractivity contribution in [1.29, 1.82) is 0 Å². The van der Waals surface area contributed by atoms with Gasteiger partial charge in [0.15, 0.2) is 0 Å². The maximum absolute atomic E-state index is 15.0. The third kappa shape index (κ3) is 2.93. The van der Waals surface area contributed by atoms with Gasteiger partial charge in [0.1, 0.15) is 11.6 Å². The lowest BCUT2D eigenvalue weighted by Gasteiger charge is -2.17. The minimum absolute atomic E-state index is 0.163. The van der Waals surface area contributed by atoms with Crippen molar-refractivity contribution in [2.24, 2.45) is 7.05 Å². The second kappa shape index (κ2) is 6.88. The van der Waals surface area contributed by atoms with E-state index in [0.29, 0.717) is 27.4 Å². The molecule has 1 aliphatic heterocycles. The zero-order valence-electron chi connectivity index (χ0n) is 15.9. The van der Waals surface area contributed by atoms with Crippen molar-refractivity contribution in [3.05, 3.63) is 82.3 Å². The van der Waals surface area contributed by atoms with E-state index < -0.39 is 11.6 Å². The maximum atomic E-state index is 15.0. The Balaban J connectivity index is 1.52. The highest BCUT2D eigenvalue weighted by Gasteiger charge is 2.29. The Morgan fingerprint density at radius 2 is 1.90 bits per heavy atom. The first-order chi connectivity index (χ1) is 14.4. The number of rotatable bonds is 3. The summed E-state index contributed by atoms with van der Waals surface area (Å²) in [6.45, 7) is 0.0469. The van der Waals surface area contributed by atoms with Crippen molar-refractivity contribution in [1.82, 2.24) is 19.7 Å². The molecule has 3 heterocycles. The molecule has 4 aromatic rings. The Morgan fingerprint density at radius 3 is 2.63 bits per heavy atom. The van der Waals surface area contributed by atoms with Crippen LogP contribution in [0.2, 0.25) is 5.02 Å². The zero-order chi connectivity index (χ0) is 21.0. The van der Waals surface area contributed by atoms with Gasteiger partial charge in [0, 0.05) is 29.2 Å². The average Bonchev–Trinajstić information content (AvgIpc) is 3.24. The van der Waals surface area contributed by atoms with Crippen molar-refractivity contribution in [3.8, 4) is 11.1 Å². The SMILES string of the molecule is Cn1ncc2c(-c3cc(F)c(CN4Cc5ncccc5C4=O)c(F)c3)cc(Cl)cc21. The van der Waals surface area contributed by atoms with Crippen molar-refractivity contribution in [2.75, 3.05) is 0 Å². The minimum Gasteiger partial charge on any atom is -0.328 e. The zero-order valence-corrected chi connectivity index (χ0v) is 16.6. The van der Waals surface area contributed by atoms with E-state index in [1.807, 2.05) is 0 Å². The summed E-state index contributed by atoms with van der Waals surface area (Å²) < 4.78 is 31.6. The van der Waals surface area contributed by atoms with Gasteiger partial charge in [0.05, 0.1) is 36.1 Å². The van der Waals surface area contributed by atoms with Crippen LogP contribution in [0.3, 0.4) is 0 Å². The van der Waals surface area contributed by atoms with Crippen molar-refractivity contribution < 1.29 is 13.6 Å². The first kappa shape index (κ1) is 18.7. The van der Waals surface area contributed by atoms with Gasteiger partial charge >= 0.3 is 0 Å². The van der Waals surface area contributed by atoms with Crippen LogP contribution in [0.1, 0.15) is 21.6 Å². The molecule has 2 aromatic heterocycles. The summed E-state index contributed by atoms with van der Waals surface area (Å²) in [6.07, 6.45) is 3.23. The number of aryl methyl sites for hydroxylation is 1. The number of amides is 1. The Morgan fingerprint density at radius 1 is 1.13 bits per heavy atom. The molecule has 0 aliphatic carbocycles. The lowest BCUT2D eigenvalue weighted by atomic mass is 9.99. The van der Waals surface area contributed by atoms with Gasteiger partial charge in [0.2, 0.25) is 0 Å². The second-order valence-electron chi connectivity index (χ2n) is 7.23. The van der Waals surface area contributed by atoms with Crippen LogP contribution in [0.5, 0.6) is 0 Å². The first-order valence-electron chi connectivity index (χ1n) is 9.25. The summed E-state index contributed by atoms with van der Waals surface area (Å²) in [7, 11) is 1.77. The third-order valence-corrected chi connectivity index (χ3v) is 5.60. The van der Waals surface area contributed by atoms with Gasteiger partial charge in [0.25, 0.3) is 5.91 Å². The van der Waals surface area contributed by atoms with E-state index >= 15 is 0 Å². The van der Waals surface area contributed by atoms with E-state index in [9.17, 15) is 13.6 Å². The molecule has 0 radical (unpaired) electrons. The molecule has 8 heteroatoms. The number of benzene rings is 2. The van der Waals surface area contributed by atoms with E-state index in [4.69, 9.17) is 11.6 Å². The van der Waals surface area contributed by atoms with Crippen LogP contribution in [0.15, 0.2) is 48.8 Å². The number of fused-ring (bicyclic) bond motifs is 2. The summed E-state index contributed by atoms with van der Waals surface area (Å²) in [4.78, 5) is 18.1. The number of hydrogen-bond acceptors (Lipinski definition) is 3. The van der Waals surface area contributed by atoms with Crippen LogP contribution >= 0.6 is 11.6 Å². The Labute approximate surface area is 175 Å². The third-order valence-electron chi connectivity index (χ3n) is 5.38. The molecule has 1 aliphatic rings. The number of pyridine rings is 1. The molecule has 0 atom stereocenters. The number of hydrogen-bond donors (Lipinski definition) is 0. The van der Waals surface area contributed by atoms with Crippen LogP contribution in [0.4, 0.5) is 8.78 Å². The summed E-state index contributed by atoms with van der Waals surface area (Å²) in [5, 5.41) is 5.39. The lowest BCUT2D eigenvalue weighted by Crippen LogP contribution is -2.24. The number of carbonyl (C=O) groups is 1. The van der Waals surface area contributed by atoms with E-state index in [1.165, 1.54) is 17.0 Å². The molecule has 0 unspecified atom stereocenters. The molecule has 30 heavy (non-hydrogen) atoms. The van der Waals surface area contributed by atoms with Gasteiger partial charge in [-0.1, -0.05) is 11.6 Å². The molecular formula is C22H15ClF2N4O. The smallest absolute Gasteiger partial charge is 0.256 e. The van der Waals surface area contributed by atoms with Gasteiger partial charge < -0.3 is 4.90 Å². The predicted octanol–water partition coefficient (Wildman–Crippen LogP) is 4.72. The molecule has 0 saturated heterocycles. The Bertz CT molecular complexity index is 1310. The molecule has 0 bridgehead atoms. The molecule has 0 spiro atoms. The number of carbonyl (C=O) groups excluding carboxylic acids is 1. The summed E-state index contributed by atoms with van der Waals surface area (Å²) in [5.41, 5.74) is 2.61. The van der Waals surface area contributed by atoms with Gasteiger partial charge in [-0.2, -0.15) is 5.10 Å². The van der Waals surface area contributed by atoms with Gasteiger partial charge in [-0.05, 0) is 47.5 Å². The standard InChI is InChI=1S/C22H15ClF2N4O/c1-28-21-8-13(23)7-15(16(21)9-27-28)12-5-18(24)17(19(25)6-12)10-29-11-20-14(22(29)30)3-2-4-26-20/h2-9H,10-11H2,1H3. The predicted molar refractivity (Wildman–Crippen MR) is 109 cm³/mol. The van der Waals surface area contributed by atoms with Gasteiger partial charge in [-0.3, -0.25) is 14.5 Å². The summed E-state index contributed by atoms with van der Waals surface area (Å²) in [6, 6.07) is 9.27. The summed E-state index contributed by atoms with van der Waals surface area (Å²) >= 11 is 6.21. The van der Waals surface area contributed by atoms with Crippen molar-refractivity contribution in [3.63, 3.8) is 0 Å². The molecule has 150 valence electrons. The van der Waals surface area contributed by atoms with E-state index in [2.05, 4.69) is 10.1 Å². The molecule has 0 fully saturated rings. The highest BCUT2D eigenvalue weighted by molar-refractivity contribution is 6.31. The van der Waals surface area contributed by atoms with Crippen LogP contribution in [0, 0.1) is 11.6 Å². The van der Waals surface area contributed by atoms with Gasteiger partial charge in [-0.15, -0.1) is 0 Å². The van der Waals surface area contributed by atoms with Crippen LogP contribution in [-0.2, 0) is 20.1 Å². The fourth-order valence-corrected chi connectivity index (χ4v) is 4.07. The highest BCUT2D eigenvalue weighted by Crippen LogP contribution is 2.34. The number of aromatic nitrogens is 3. The van der Waals surface area contributed by atoms with Crippen molar-refractivity contribution in [2.45, 2.75) is 13.1 Å². The molecular weight excluding hydrogens is 410 g/mol. The average molecular weight is 425 g/mol. The van der Waals surface area contributed by atoms with Crippen LogP contribution in [-0.4, -0.2) is 25.6 Å². The Kier molecular flexibility index (Phi) is 4.29. The van der Waals surface area contributed by atoms with E-state index in [1.54, 1.807) is 48.4 Å². The molecule has 0 saturated carbocycles. The van der Waals surface area contributed by atoms with Crippen LogP contribution in [0.25, 0.3) is 22.0 Å². The fraction of sp³-hybridized carbons (Fsp3) is 0.136. The molecule has 2 aromatic carbocycles. The second-order valence-corrected chi connectivity index (χ2v) is 7.67. The fourth-order valence-electron chi connectivity index (χ4n) is 3.86. The summed E-state index contributed by atoms with van der Waals surface area (Å²) in [5.74, 6) is -1.73. The number of halogens is 3. The topological polar surface area (TPSA) is 51.0 Å². The van der Waals surface area contributed by atoms with Crippen molar-refractivity contribution >= 4 is 28.4 Å². The lowest BCUT2D eigenvalue weighted by molar-refractivity contribution is 0.0763. The Hall–Kier alpha value is -3.32. The van der Waals surface area contributed by atoms with Gasteiger partial charge in [-0.25, -0.2) is 8.78 Å². The maximum Gasteiger partial charge on any atom is 0.256 e. The highest BCUT2D eigenvalue weighted by atomic mass is 35.5. The monoisotopic (exact) mass is 424 g/mol. The molecule has 5 nitrogen and oxygen atoms in total. The quantitative estimate of drug-likeness (QED) is 0.478. The molecule has 1 amide bonds. The van der Waals surface area contributed by atoms with E-state index in [-0.39, 0.29) is 24.6 Å².